The highest BCUT2D eigenvalue weighted by Crippen LogP contribution is 2.23. The molecule has 2 N–H and O–H groups in total. The van der Waals surface area contributed by atoms with E-state index in [0.717, 1.165) is 19.4 Å². The molecule has 1 saturated heterocycles. The minimum atomic E-state index is -1.02. The van der Waals surface area contributed by atoms with E-state index in [0.29, 0.717) is 12.4 Å². The number of ether oxygens (including phenoxy) is 1. The van der Waals surface area contributed by atoms with Crippen LogP contribution in [-0.4, -0.2) is 34.8 Å². The molecule has 2 heterocycles. The Morgan fingerprint density at radius 2 is 2.41 bits per heavy atom. The first-order valence-corrected chi connectivity index (χ1v) is 5.65. The van der Waals surface area contributed by atoms with Crippen LogP contribution < -0.4 is 5.32 Å². The number of hydrogen-bond acceptors (Lipinski definition) is 4. The molecule has 1 unspecified atom stereocenters. The summed E-state index contributed by atoms with van der Waals surface area (Å²) in [6, 6.07) is 4.94. The van der Waals surface area contributed by atoms with E-state index in [9.17, 15) is 4.79 Å². The summed E-state index contributed by atoms with van der Waals surface area (Å²) >= 11 is 0. The van der Waals surface area contributed by atoms with Gasteiger partial charge in [0.1, 0.15) is 5.82 Å². The molecule has 0 aromatic carbocycles. The molecule has 0 bridgehead atoms. The number of pyridine rings is 1. The topological polar surface area (TPSA) is 71.5 Å². The number of aromatic carboxylic acids is 1. The van der Waals surface area contributed by atoms with Crippen LogP contribution in [0.25, 0.3) is 0 Å². The highest BCUT2D eigenvalue weighted by atomic mass is 16.5. The molecule has 5 nitrogen and oxygen atoms in total. The SMILES string of the molecule is CC1(Nc2cccc(C(=O)O)n2)CCCOC1. The van der Waals surface area contributed by atoms with Gasteiger partial charge in [-0.3, -0.25) is 0 Å². The van der Waals surface area contributed by atoms with E-state index in [1.807, 2.05) is 0 Å². The standard InChI is InChI=1S/C12H16N2O3/c1-12(6-3-7-17-8-12)14-10-5-2-4-9(13-10)11(15)16/h2,4-5H,3,6-8H2,1H3,(H,13,14)(H,15,16). The number of carboxylic acid groups (broad SMARTS) is 1. The van der Waals surface area contributed by atoms with Crippen molar-refractivity contribution in [3.63, 3.8) is 0 Å². The van der Waals surface area contributed by atoms with Gasteiger partial charge in [-0.1, -0.05) is 6.07 Å². The number of aromatic nitrogens is 1. The van der Waals surface area contributed by atoms with Crippen molar-refractivity contribution >= 4 is 11.8 Å². The maximum Gasteiger partial charge on any atom is 0.354 e. The van der Waals surface area contributed by atoms with E-state index >= 15 is 0 Å². The van der Waals surface area contributed by atoms with E-state index in [1.165, 1.54) is 6.07 Å². The minimum Gasteiger partial charge on any atom is -0.477 e. The monoisotopic (exact) mass is 236 g/mol. The zero-order valence-electron chi connectivity index (χ0n) is 9.77. The maximum absolute atomic E-state index is 10.8. The van der Waals surface area contributed by atoms with Crippen LogP contribution in [-0.2, 0) is 4.74 Å². The van der Waals surface area contributed by atoms with Gasteiger partial charge in [0.05, 0.1) is 12.1 Å². The minimum absolute atomic E-state index is 0.0512. The fraction of sp³-hybridized carbons (Fsp3) is 0.500. The Labute approximate surface area is 99.8 Å². The molecule has 17 heavy (non-hydrogen) atoms. The predicted molar refractivity (Wildman–Crippen MR) is 63.3 cm³/mol. The number of hydrogen-bond donors (Lipinski definition) is 2. The summed E-state index contributed by atoms with van der Waals surface area (Å²) in [6.07, 6.45) is 1.99. The molecule has 92 valence electrons. The van der Waals surface area contributed by atoms with Gasteiger partial charge in [-0.05, 0) is 31.9 Å². The summed E-state index contributed by atoms with van der Waals surface area (Å²) in [5.74, 6) is -0.434. The van der Waals surface area contributed by atoms with Crippen LogP contribution >= 0.6 is 0 Å². The van der Waals surface area contributed by atoms with Gasteiger partial charge >= 0.3 is 5.97 Å². The lowest BCUT2D eigenvalue weighted by Gasteiger charge is -2.34. The van der Waals surface area contributed by atoms with Gasteiger partial charge in [0, 0.05) is 6.61 Å². The summed E-state index contributed by atoms with van der Waals surface area (Å²) in [6.45, 7) is 3.47. The number of anilines is 1. The van der Waals surface area contributed by atoms with Crippen molar-refractivity contribution in [2.24, 2.45) is 0 Å². The quantitative estimate of drug-likeness (QED) is 0.836. The Kier molecular flexibility index (Phi) is 3.28. The third-order valence-electron chi connectivity index (χ3n) is 2.84. The van der Waals surface area contributed by atoms with Crippen LogP contribution in [0.15, 0.2) is 18.2 Å². The molecular formula is C12H16N2O3. The van der Waals surface area contributed by atoms with Crippen LogP contribution in [0.1, 0.15) is 30.3 Å². The summed E-state index contributed by atoms with van der Waals surface area (Å²) in [5, 5.41) is 12.1. The van der Waals surface area contributed by atoms with Crippen molar-refractivity contribution in [1.29, 1.82) is 0 Å². The Hall–Kier alpha value is -1.62. The second-order valence-electron chi connectivity index (χ2n) is 4.56. The molecule has 0 aliphatic carbocycles. The maximum atomic E-state index is 10.8. The van der Waals surface area contributed by atoms with Crippen LogP contribution in [0.4, 0.5) is 5.82 Å². The molecule has 1 atom stereocenters. The highest BCUT2D eigenvalue weighted by Gasteiger charge is 2.27. The van der Waals surface area contributed by atoms with Crippen molar-refractivity contribution < 1.29 is 14.6 Å². The third-order valence-corrected chi connectivity index (χ3v) is 2.84. The Morgan fingerprint density at radius 1 is 1.59 bits per heavy atom. The van der Waals surface area contributed by atoms with E-state index in [1.54, 1.807) is 12.1 Å². The van der Waals surface area contributed by atoms with E-state index in [2.05, 4.69) is 17.2 Å². The van der Waals surface area contributed by atoms with Crippen LogP contribution in [0.3, 0.4) is 0 Å². The van der Waals surface area contributed by atoms with Crippen molar-refractivity contribution in [3.8, 4) is 0 Å². The second-order valence-corrected chi connectivity index (χ2v) is 4.56. The van der Waals surface area contributed by atoms with Crippen molar-refractivity contribution in [1.82, 2.24) is 4.98 Å². The molecule has 2 rings (SSSR count). The molecule has 1 fully saturated rings. The fourth-order valence-electron chi connectivity index (χ4n) is 1.97. The summed E-state index contributed by atoms with van der Waals surface area (Å²) in [5.41, 5.74) is -0.113. The number of rotatable bonds is 3. The fourth-order valence-corrected chi connectivity index (χ4v) is 1.97. The van der Waals surface area contributed by atoms with Gasteiger partial charge in [0.25, 0.3) is 0 Å². The first-order valence-electron chi connectivity index (χ1n) is 5.65. The number of carbonyl (C=O) groups is 1. The molecule has 0 spiro atoms. The van der Waals surface area contributed by atoms with Gasteiger partial charge in [0.2, 0.25) is 0 Å². The van der Waals surface area contributed by atoms with Crippen molar-refractivity contribution in [2.75, 3.05) is 18.5 Å². The zero-order valence-corrected chi connectivity index (χ0v) is 9.77. The first kappa shape index (κ1) is 11.9. The van der Waals surface area contributed by atoms with Gasteiger partial charge in [-0.25, -0.2) is 9.78 Å². The summed E-state index contributed by atoms with van der Waals surface area (Å²) in [7, 11) is 0. The number of carboxylic acids is 1. The molecule has 1 aromatic rings. The number of nitrogens with one attached hydrogen (secondary N) is 1. The van der Waals surface area contributed by atoms with Crippen LogP contribution in [0, 0.1) is 0 Å². The third kappa shape index (κ3) is 2.94. The molecule has 0 amide bonds. The van der Waals surface area contributed by atoms with Crippen molar-refractivity contribution in [2.45, 2.75) is 25.3 Å². The Bertz CT molecular complexity index is 414. The second kappa shape index (κ2) is 4.71. The first-order chi connectivity index (χ1) is 8.09. The average Bonchev–Trinajstić information content (AvgIpc) is 2.29. The molecule has 1 aliphatic heterocycles. The summed E-state index contributed by atoms with van der Waals surface area (Å²) in [4.78, 5) is 14.9. The zero-order chi connectivity index (χ0) is 12.3. The van der Waals surface area contributed by atoms with Gasteiger partial charge in [0.15, 0.2) is 5.69 Å². The lowest BCUT2D eigenvalue weighted by Crippen LogP contribution is -2.43. The lowest BCUT2D eigenvalue weighted by molar-refractivity contribution is 0.0538. The number of nitrogens with zero attached hydrogens (tertiary/aromatic N) is 1. The van der Waals surface area contributed by atoms with Gasteiger partial charge < -0.3 is 15.2 Å². The summed E-state index contributed by atoms with van der Waals surface area (Å²) < 4.78 is 5.43. The Balaban J connectivity index is 2.12. The Morgan fingerprint density at radius 3 is 3.06 bits per heavy atom. The average molecular weight is 236 g/mol. The molecule has 5 heteroatoms. The van der Waals surface area contributed by atoms with Gasteiger partial charge in [-0.15, -0.1) is 0 Å². The molecule has 1 aromatic heterocycles. The molecule has 0 radical (unpaired) electrons. The highest BCUT2D eigenvalue weighted by molar-refractivity contribution is 5.85. The normalized spacial score (nSPS) is 24.3. The van der Waals surface area contributed by atoms with Crippen LogP contribution in [0.5, 0.6) is 0 Å². The van der Waals surface area contributed by atoms with Gasteiger partial charge in [-0.2, -0.15) is 0 Å². The largest absolute Gasteiger partial charge is 0.477 e. The van der Waals surface area contributed by atoms with E-state index < -0.39 is 5.97 Å². The predicted octanol–water partition coefficient (Wildman–Crippen LogP) is 1.76. The lowest BCUT2D eigenvalue weighted by atomic mass is 9.95. The molecule has 1 aliphatic rings. The molecular weight excluding hydrogens is 220 g/mol. The van der Waals surface area contributed by atoms with Crippen molar-refractivity contribution in [3.05, 3.63) is 23.9 Å². The smallest absolute Gasteiger partial charge is 0.354 e. The molecule has 0 saturated carbocycles. The van der Waals surface area contributed by atoms with E-state index in [-0.39, 0.29) is 11.2 Å². The van der Waals surface area contributed by atoms with Crippen LogP contribution in [0.2, 0.25) is 0 Å². The van der Waals surface area contributed by atoms with E-state index in [4.69, 9.17) is 9.84 Å².